The number of nitrogens with one attached hydrogen (secondary N) is 2. The summed E-state index contributed by atoms with van der Waals surface area (Å²) < 4.78 is 1.87. The second-order valence-electron chi connectivity index (χ2n) is 6.94. The molecule has 0 spiro atoms. The number of thiophene rings is 1. The SMILES string of the molecule is CN(C)C(CNC(=O)c1ccc(NC(=O)CSc2nccn2C)cc1)c1cccs1. The van der Waals surface area contributed by atoms with Gasteiger partial charge in [-0.3, -0.25) is 9.59 Å². The Morgan fingerprint density at radius 1 is 1.23 bits per heavy atom. The molecule has 1 atom stereocenters. The van der Waals surface area contributed by atoms with Gasteiger partial charge in [-0.25, -0.2) is 4.98 Å². The lowest BCUT2D eigenvalue weighted by Crippen LogP contribution is -2.34. The highest BCUT2D eigenvalue weighted by Gasteiger charge is 2.17. The van der Waals surface area contributed by atoms with Crippen LogP contribution in [0.4, 0.5) is 5.69 Å². The second-order valence-corrected chi connectivity index (χ2v) is 8.86. The Morgan fingerprint density at radius 3 is 2.60 bits per heavy atom. The third-order valence-electron chi connectivity index (χ3n) is 4.49. The zero-order valence-electron chi connectivity index (χ0n) is 17.2. The number of anilines is 1. The van der Waals surface area contributed by atoms with E-state index in [1.807, 2.05) is 43.4 Å². The zero-order valence-corrected chi connectivity index (χ0v) is 18.8. The molecule has 1 unspecified atom stereocenters. The van der Waals surface area contributed by atoms with E-state index in [0.717, 1.165) is 5.16 Å². The van der Waals surface area contributed by atoms with Crippen LogP contribution in [0.2, 0.25) is 0 Å². The normalized spacial score (nSPS) is 12.0. The van der Waals surface area contributed by atoms with Gasteiger partial charge in [-0.05, 0) is 49.8 Å². The van der Waals surface area contributed by atoms with E-state index in [1.165, 1.54) is 16.6 Å². The molecule has 3 rings (SSSR count). The third kappa shape index (κ3) is 5.94. The lowest BCUT2D eigenvalue weighted by Gasteiger charge is -2.23. The number of nitrogens with zero attached hydrogens (tertiary/aromatic N) is 3. The van der Waals surface area contributed by atoms with Gasteiger partial charge in [0, 0.05) is 42.1 Å². The van der Waals surface area contributed by atoms with Crippen molar-refractivity contribution in [2.24, 2.45) is 7.05 Å². The van der Waals surface area contributed by atoms with Crippen LogP contribution < -0.4 is 10.6 Å². The fourth-order valence-corrected chi connectivity index (χ4v) is 4.49. The van der Waals surface area contributed by atoms with E-state index in [2.05, 4.69) is 26.6 Å². The molecule has 0 aliphatic carbocycles. The summed E-state index contributed by atoms with van der Waals surface area (Å²) in [7, 11) is 5.89. The Bertz CT molecular complexity index is 968. The van der Waals surface area contributed by atoms with Crippen molar-refractivity contribution >= 4 is 40.6 Å². The largest absolute Gasteiger partial charge is 0.350 e. The first-order chi connectivity index (χ1) is 14.4. The van der Waals surface area contributed by atoms with Crippen LogP contribution in [-0.4, -0.2) is 52.7 Å². The number of rotatable bonds is 9. The van der Waals surface area contributed by atoms with Crippen LogP contribution in [0.5, 0.6) is 0 Å². The standard InChI is InChI=1S/C21H25N5O2S2/c1-25(2)17(18-5-4-12-29-18)13-23-20(28)15-6-8-16(9-7-15)24-19(27)14-30-21-22-10-11-26(21)3/h4-12,17H,13-14H2,1-3H3,(H,23,28)(H,24,27). The van der Waals surface area contributed by atoms with Crippen LogP contribution in [0.1, 0.15) is 21.3 Å². The number of aromatic nitrogens is 2. The highest BCUT2D eigenvalue weighted by molar-refractivity contribution is 7.99. The predicted octanol–water partition coefficient (Wildman–Crippen LogP) is 3.25. The molecule has 0 radical (unpaired) electrons. The maximum absolute atomic E-state index is 12.5. The number of amides is 2. The second kappa shape index (κ2) is 10.4. The molecule has 158 valence electrons. The fraction of sp³-hybridized carbons (Fsp3) is 0.286. The number of likely N-dealkylation sites (N-methyl/N-ethyl adjacent to an activating group) is 1. The van der Waals surface area contributed by atoms with Crippen molar-refractivity contribution in [3.63, 3.8) is 0 Å². The van der Waals surface area contributed by atoms with Crippen LogP contribution in [0.25, 0.3) is 0 Å². The highest BCUT2D eigenvalue weighted by atomic mass is 32.2. The van der Waals surface area contributed by atoms with E-state index >= 15 is 0 Å². The van der Waals surface area contributed by atoms with Crippen molar-refractivity contribution in [1.82, 2.24) is 19.8 Å². The zero-order chi connectivity index (χ0) is 21.5. The topological polar surface area (TPSA) is 79.3 Å². The Balaban J connectivity index is 1.50. The van der Waals surface area contributed by atoms with Crippen molar-refractivity contribution in [1.29, 1.82) is 0 Å². The maximum Gasteiger partial charge on any atom is 0.251 e. The van der Waals surface area contributed by atoms with Crippen molar-refractivity contribution in [2.75, 3.05) is 31.7 Å². The fourth-order valence-electron chi connectivity index (χ4n) is 2.83. The minimum Gasteiger partial charge on any atom is -0.350 e. The summed E-state index contributed by atoms with van der Waals surface area (Å²) in [5.74, 6) is 0.00783. The number of aryl methyl sites for hydroxylation is 1. The van der Waals surface area contributed by atoms with Gasteiger partial charge in [-0.2, -0.15) is 0 Å². The smallest absolute Gasteiger partial charge is 0.251 e. The van der Waals surface area contributed by atoms with Crippen LogP contribution in [0.3, 0.4) is 0 Å². The number of hydrogen-bond acceptors (Lipinski definition) is 6. The summed E-state index contributed by atoms with van der Waals surface area (Å²) in [5.41, 5.74) is 1.21. The number of carbonyl (C=O) groups excluding carboxylic acids is 2. The number of imidazole rings is 1. The van der Waals surface area contributed by atoms with Gasteiger partial charge in [-0.1, -0.05) is 17.8 Å². The van der Waals surface area contributed by atoms with Gasteiger partial charge in [0.1, 0.15) is 0 Å². The Morgan fingerprint density at radius 2 is 2.00 bits per heavy atom. The van der Waals surface area contributed by atoms with Gasteiger partial charge in [0.15, 0.2) is 5.16 Å². The molecule has 0 saturated heterocycles. The lowest BCUT2D eigenvalue weighted by atomic mass is 10.1. The van der Waals surface area contributed by atoms with Crippen LogP contribution in [-0.2, 0) is 11.8 Å². The minimum absolute atomic E-state index is 0.120. The quantitative estimate of drug-likeness (QED) is 0.497. The molecule has 9 heteroatoms. The van der Waals surface area contributed by atoms with Crippen molar-refractivity contribution in [3.05, 3.63) is 64.6 Å². The van der Waals surface area contributed by atoms with E-state index < -0.39 is 0 Å². The van der Waals surface area contributed by atoms with Crippen LogP contribution in [0.15, 0.2) is 59.3 Å². The molecule has 2 amide bonds. The summed E-state index contributed by atoms with van der Waals surface area (Å²) >= 11 is 3.05. The summed E-state index contributed by atoms with van der Waals surface area (Å²) in [4.78, 5) is 32.1. The molecule has 2 aromatic heterocycles. The summed E-state index contributed by atoms with van der Waals surface area (Å²) in [6.45, 7) is 0.523. The molecule has 1 aromatic carbocycles. The van der Waals surface area contributed by atoms with Crippen LogP contribution in [0, 0.1) is 0 Å². The Kier molecular flexibility index (Phi) is 7.67. The lowest BCUT2D eigenvalue weighted by molar-refractivity contribution is -0.113. The summed E-state index contributed by atoms with van der Waals surface area (Å²) in [6, 6.07) is 11.1. The van der Waals surface area contributed by atoms with Crippen molar-refractivity contribution < 1.29 is 9.59 Å². The highest BCUT2D eigenvalue weighted by Crippen LogP contribution is 2.22. The van der Waals surface area contributed by atoms with E-state index in [4.69, 9.17) is 0 Å². The van der Waals surface area contributed by atoms with Gasteiger partial charge in [0.2, 0.25) is 5.91 Å². The average molecular weight is 444 g/mol. The van der Waals surface area contributed by atoms with Gasteiger partial charge < -0.3 is 20.1 Å². The van der Waals surface area contributed by atoms with Crippen molar-refractivity contribution in [3.8, 4) is 0 Å². The molecule has 0 aliphatic rings. The maximum atomic E-state index is 12.5. The van der Waals surface area contributed by atoms with Gasteiger partial charge in [0.25, 0.3) is 5.91 Å². The predicted molar refractivity (Wildman–Crippen MR) is 122 cm³/mol. The van der Waals surface area contributed by atoms with E-state index in [-0.39, 0.29) is 23.6 Å². The number of carbonyl (C=O) groups is 2. The number of benzene rings is 1. The molecular formula is C21H25N5O2S2. The molecular weight excluding hydrogens is 418 g/mol. The van der Waals surface area contributed by atoms with E-state index in [9.17, 15) is 9.59 Å². The molecule has 30 heavy (non-hydrogen) atoms. The monoisotopic (exact) mass is 443 g/mol. The van der Waals surface area contributed by atoms with Gasteiger partial charge >= 0.3 is 0 Å². The van der Waals surface area contributed by atoms with Gasteiger partial charge in [-0.15, -0.1) is 11.3 Å². The molecule has 2 N–H and O–H groups in total. The number of hydrogen-bond donors (Lipinski definition) is 2. The summed E-state index contributed by atoms with van der Waals surface area (Å²) in [6.07, 6.45) is 3.54. The molecule has 2 heterocycles. The van der Waals surface area contributed by atoms with Crippen LogP contribution >= 0.6 is 23.1 Å². The molecule has 0 aliphatic heterocycles. The molecule has 3 aromatic rings. The van der Waals surface area contributed by atoms with E-state index in [1.54, 1.807) is 41.8 Å². The third-order valence-corrected chi connectivity index (χ3v) is 6.52. The van der Waals surface area contributed by atoms with Gasteiger partial charge in [0.05, 0.1) is 11.8 Å². The Hall–Kier alpha value is -2.62. The van der Waals surface area contributed by atoms with Crippen molar-refractivity contribution in [2.45, 2.75) is 11.2 Å². The minimum atomic E-state index is -0.137. The molecule has 0 bridgehead atoms. The summed E-state index contributed by atoms with van der Waals surface area (Å²) in [5, 5.41) is 8.66. The first kappa shape index (κ1) is 22.1. The van der Waals surface area contributed by atoms with E-state index in [0.29, 0.717) is 17.8 Å². The number of thioether (sulfide) groups is 1. The first-order valence-electron chi connectivity index (χ1n) is 9.42. The molecule has 0 saturated carbocycles. The first-order valence-corrected chi connectivity index (χ1v) is 11.3. The Labute approximate surface area is 184 Å². The average Bonchev–Trinajstić information content (AvgIpc) is 3.39. The molecule has 7 nitrogen and oxygen atoms in total. The molecule has 0 fully saturated rings.